The van der Waals surface area contributed by atoms with Gasteiger partial charge in [0, 0.05) is 22.7 Å². The van der Waals surface area contributed by atoms with Gasteiger partial charge >= 0.3 is 0 Å². The Morgan fingerprint density at radius 2 is 2.06 bits per heavy atom. The van der Waals surface area contributed by atoms with Crippen molar-refractivity contribution in [3.63, 3.8) is 0 Å². The number of carbonyl (C=O) groups excluding carboxylic acids is 1. The molecule has 0 unspecified atom stereocenters. The lowest BCUT2D eigenvalue weighted by atomic mass is 9.93. The summed E-state index contributed by atoms with van der Waals surface area (Å²) < 4.78 is 1.12. The third-order valence-electron chi connectivity index (χ3n) is 2.98. The van der Waals surface area contributed by atoms with Crippen LogP contribution in [0.3, 0.4) is 0 Å². The Morgan fingerprint density at radius 1 is 1.44 bits per heavy atom. The standard InChI is InChI=1S/C14H21IN2O/c1-10-5-6-11(7-12(10)15)13(18)17(4)9-14(2,3)8-16/h5-7H,8-9,16H2,1-4H3. The van der Waals surface area contributed by atoms with Crippen molar-refractivity contribution in [2.75, 3.05) is 20.1 Å². The normalized spacial score (nSPS) is 11.4. The van der Waals surface area contributed by atoms with Crippen LogP contribution in [-0.2, 0) is 0 Å². The molecule has 1 rings (SSSR count). The van der Waals surface area contributed by atoms with Gasteiger partial charge in [-0.3, -0.25) is 4.79 Å². The van der Waals surface area contributed by atoms with Crippen LogP contribution in [-0.4, -0.2) is 30.9 Å². The van der Waals surface area contributed by atoms with E-state index in [0.717, 1.165) is 9.13 Å². The molecule has 0 aliphatic rings. The first kappa shape index (κ1) is 15.4. The van der Waals surface area contributed by atoms with Crippen molar-refractivity contribution in [3.05, 3.63) is 32.9 Å². The molecule has 0 aromatic heterocycles. The predicted octanol–water partition coefficient (Wildman–Crippen LogP) is 2.66. The number of benzene rings is 1. The molecule has 18 heavy (non-hydrogen) atoms. The molecular formula is C14H21IN2O. The van der Waals surface area contributed by atoms with Crippen LogP contribution in [0.25, 0.3) is 0 Å². The molecule has 0 aliphatic carbocycles. The molecule has 100 valence electrons. The maximum absolute atomic E-state index is 12.3. The molecule has 0 heterocycles. The summed E-state index contributed by atoms with van der Waals surface area (Å²) in [6, 6.07) is 5.80. The fourth-order valence-electron chi connectivity index (χ4n) is 1.72. The summed E-state index contributed by atoms with van der Waals surface area (Å²) in [5.41, 5.74) is 7.57. The van der Waals surface area contributed by atoms with Crippen molar-refractivity contribution in [2.45, 2.75) is 20.8 Å². The maximum Gasteiger partial charge on any atom is 0.253 e. The van der Waals surface area contributed by atoms with E-state index in [1.165, 1.54) is 5.56 Å². The highest BCUT2D eigenvalue weighted by Crippen LogP contribution is 2.18. The summed E-state index contributed by atoms with van der Waals surface area (Å²) in [4.78, 5) is 14.0. The van der Waals surface area contributed by atoms with Gasteiger partial charge in [0.15, 0.2) is 0 Å². The first-order valence-corrected chi connectivity index (χ1v) is 7.06. The zero-order chi connectivity index (χ0) is 13.9. The van der Waals surface area contributed by atoms with Gasteiger partial charge in [-0.1, -0.05) is 19.9 Å². The number of halogens is 1. The van der Waals surface area contributed by atoms with Crippen LogP contribution < -0.4 is 5.73 Å². The zero-order valence-corrected chi connectivity index (χ0v) is 13.6. The first-order chi connectivity index (χ1) is 8.26. The monoisotopic (exact) mass is 360 g/mol. The van der Waals surface area contributed by atoms with E-state index < -0.39 is 0 Å². The number of rotatable bonds is 4. The van der Waals surface area contributed by atoms with Gasteiger partial charge in [0.2, 0.25) is 0 Å². The third kappa shape index (κ3) is 3.95. The second kappa shape index (κ2) is 6.02. The molecule has 0 radical (unpaired) electrons. The van der Waals surface area contributed by atoms with Crippen LogP contribution in [0.1, 0.15) is 29.8 Å². The van der Waals surface area contributed by atoms with E-state index in [2.05, 4.69) is 36.4 Å². The Labute approximate surface area is 123 Å². The second-order valence-electron chi connectivity index (χ2n) is 5.49. The molecule has 0 saturated heterocycles. The van der Waals surface area contributed by atoms with Gasteiger partial charge in [0.05, 0.1) is 0 Å². The number of amides is 1. The summed E-state index contributed by atoms with van der Waals surface area (Å²) in [5.74, 6) is 0.0504. The van der Waals surface area contributed by atoms with E-state index in [-0.39, 0.29) is 11.3 Å². The maximum atomic E-state index is 12.3. The average Bonchev–Trinajstić information content (AvgIpc) is 2.31. The quantitative estimate of drug-likeness (QED) is 0.840. The molecule has 1 aromatic rings. The number of nitrogens with zero attached hydrogens (tertiary/aromatic N) is 1. The fraction of sp³-hybridized carbons (Fsp3) is 0.500. The zero-order valence-electron chi connectivity index (χ0n) is 11.5. The minimum Gasteiger partial charge on any atom is -0.341 e. The van der Waals surface area contributed by atoms with Gasteiger partial charge in [-0.25, -0.2) is 0 Å². The van der Waals surface area contributed by atoms with Crippen LogP contribution in [0.5, 0.6) is 0 Å². The van der Waals surface area contributed by atoms with Crippen LogP contribution in [0.4, 0.5) is 0 Å². The van der Waals surface area contributed by atoms with Crippen molar-refractivity contribution >= 4 is 28.5 Å². The molecular weight excluding hydrogens is 339 g/mol. The van der Waals surface area contributed by atoms with Gasteiger partial charge in [0.1, 0.15) is 0 Å². The Balaban J connectivity index is 2.83. The lowest BCUT2D eigenvalue weighted by molar-refractivity contribution is 0.0740. The van der Waals surface area contributed by atoms with E-state index in [1.807, 2.05) is 32.2 Å². The first-order valence-electron chi connectivity index (χ1n) is 5.98. The van der Waals surface area contributed by atoms with Gasteiger partial charge in [0.25, 0.3) is 5.91 Å². The van der Waals surface area contributed by atoms with Gasteiger partial charge < -0.3 is 10.6 Å². The SMILES string of the molecule is Cc1ccc(C(=O)N(C)CC(C)(C)CN)cc1I. The molecule has 0 aliphatic heterocycles. The predicted molar refractivity (Wildman–Crippen MR) is 83.7 cm³/mol. The van der Waals surface area contributed by atoms with Gasteiger partial charge in [-0.15, -0.1) is 0 Å². The minimum atomic E-state index is -0.0533. The molecule has 0 bridgehead atoms. The average molecular weight is 360 g/mol. The summed E-state index contributed by atoms with van der Waals surface area (Å²) in [7, 11) is 1.83. The van der Waals surface area contributed by atoms with Crippen LogP contribution in [0.2, 0.25) is 0 Å². The van der Waals surface area contributed by atoms with E-state index in [4.69, 9.17) is 5.73 Å². The fourth-order valence-corrected chi connectivity index (χ4v) is 2.24. The van der Waals surface area contributed by atoms with Gasteiger partial charge in [-0.05, 0) is 59.2 Å². The van der Waals surface area contributed by atoms with E-state index >= 15 is 0 Å². The minimum absolute atomic E-state index is 0.0504. The van der Waals surface area contributed by atoms with E-state index in [9.17, 15) is 4.79 Å². The van der Waals surface area contributed by atoms with Crippen molar-refractivity contribution in [2.24, 2.45) is 11.1 Å². The molecule has 0 fully saturated rings. The Bertz CT molecular complexity index is 443. The lowest BCUT2D eigenvalue weighted by Gasteiger charge is -2.29. The summed E-state index contributed by atoms with van der Waals surface area (Å²) in [6.07, 6.45) is 0. The Morgan fingerprint density at radius 3 is 2.56 bits per heavy atom. The molecule has 0 spiro atoms. The summed E-state index contributed by atoms with van der Waals surface area (Å²) >= 11 is 2.25. The highest BCUT2D eigenvalue weighted by atomic mass is 127. The highest BCUT2D eigenvalue weighted by molar-refractivity contribution is 14.1. The van der Waals surface area contributed by atoms with Crippen molar-refractivity contribution < 1.29 is 4.79 Å². The van der Waals surface area contributed by atoms with E-state index in [1.54, 1.807) is 4.90 Å². The topological polar surface area (TPSA) is 46.3 Å². The smallest absolute Gasteiger partial charge is 0.253 e. The largest absolute Gasteiger partial charge is 0.341 e. The second-order valence-corrected chi connectivity index (χ2v) is 6.66. The van der Waals surface area contributed by atoms with Gasteiger partial charge in [-0.2, -0.15) is 0 Å². The summed E-state index contributed by atoms with van der Waals surface area (Å²) in [6.45, 7) is 7.39. The van der Waals surface area contributed by atoms with Crippen molar-refractivity contribution in [3.8, 4) is 0 Å². The van der Waals surface area contributed by atoms with E-state index in [0.29, 0.717) is 13.1 Å². The molecule has 0 saturated carbocycles. The molecule has 4 heteroatoms. The Kier molecular flexibility index (Phi) is 5.16. The van der Waals surface area contributed by atoms with Crippen molar-refractivity contribution in [1.29, 1.82) is 0 Å². The molecule has 0 atom stereocenters. The summed E-state index contributed by atoms with van der Waals surface area (Å²) in [5, 5.41) is 0. The highest BCUT2D eigenvalue weighted by Gasteiger charge is 2.22. The number of hydrogen-bond donors (Lipinski definition) is 1. The number of carbonyl (C=O) groups is 1. The van der Waals surface area contributed by atoms with Crippen LogP contribution in [0.15, 0.2) is 18.2 Å². The molecule has 2 N–H and O–H groups in total. The number of hydrogen-bond acceptors (Lipinski definition) is 2. The number of nitrogens with two attached hydrogens (primary N) is 1. The van der Waals surface area contributed by atoms with Crippen molar-refractivity contribution in [1.82, 2.24) is 4.90 Å². The molecule has 1 amide bonds. The Hall–Kier alpha value is -0.620. The lowest BCUT2D eigenvalue weighted by Crippen LogP contribution is -2.39. The molecule has 3 nitrogen and oxygen atoms in total. The molecule has 1 aromatic carbocycles. The van der Waals surface area contributed by atoms with Crippen LogP contribution in [0, 0.1) is 15.9 Å². The third-order valence-corrected chi connectivity index (χ3v) is 4.15. The van der Waals surface area contributed by atoms with Crippen LogP contribution >= 0.6 is 22.6 Å². The number of aryl methyl sites for hydroxylation is 1.